The fraction of sp³-hybridized carbons (Fsp3) is 0.250. The number of rotatable bonds is 6. The molecule has 0 bridgehead atoms. The molecule has 0 spiro atoms. The number of aliphatic carboxylic acids is 1. The molecule has 20 heavy (non-hydrogen) atoms. The number of carbonyl (C=O) groups is 3. The minimum atomic E-state index is -1.19. The largest absolute Gasteiger partial charge is 0.480 e. The van der Waals surface area contributed by atoms with Crippen LogP contribution in [0, 0.1) is 0 Å². The molecule has 1 aromatic rings. The molecule has 108 valence electrons. The van der Waals surface area contributed by atoms with E-state index >= 15 is 0 Å². The molecule has 0 aliphatic carbocycles. The topological polar surface area (TPSA) is 130 Å². The van der Waals surface area contributed by atoms with Crippen molar-refractivity contribution in [1.29, 1.82) is 0 Å². The van der Waals surface area contributed by atoms with Gasteiger partial charge in [-0.3, -0.25) is 9.59 Å². The molecule has 0 saturated carbocycles. The van der Waals surface area contributed by atoms with Gasteiger partial charge in [-0.05, 0) is 24.6 Å². The van der Waals surface area contributed by atoms with E-state index in [1.807, 2.05) is 0 Å². The Labute approximate surface area is 119 Å². The number of carboxylic acid groups (broad SMARTS) is 2. The maximum absolute atomic E-state index is 11.6. The predicted octanol–water partition coefficient (Wildman–Crippen LogP) is 1.17. The maximum atomic E-state index is 11.6. The van der Waals surface area contributed by atoms with Crippen molar-refractivity contribution in [2.45, 2.75) is 18.9 Å². The van der Waals surface area contributed by atoms with E-state index in [0.717, 1.165) is 0 Å². The van der Waals surface area contributed by atoms with Crippen LogP contribution < -0.4 is 11.1 Å². The van der Waals surface area contributed by atoms with Crippen LogP contribution in [0.3, 0.4) is 0 Å². The standard InChI is InChI=1S/C12H13ClN2O5/c13-7-3-6(11(17)18)4-8(5-7)15-10(16)2-1-9(14)12(19)20/h3-5,9H,1-2,14H2,(H,15,16)(H,17,18)(H,19,20). The number of anilines is 1. The number of carbonyl (C=O) groups excluding carboxylic acids is 1. The number of aromatic carboxylic acids is 1. The van der Waals surface area contributed by atoms with Gasteiger partial charge in [0.05, 0.1) is 5.56 Å². The monoisotopic (exact) mass is 300 g/mol. The molecule has 0 heterocycles. The molecular weight excluding hydrogens is 288 g/mol. The van der Waals surface area contributed by atoms with Gasteiger partial charge in [-0.15, -0.1) is 0 Å². The maximum Gasteiger partial charge on any atom is 0.335 e. The van der Waals surface area contributed by atoms with Gasteiger partial charge in [0.25, 0.3) is 0 Å². The third-order valence-corrected chi connectivity index (χ3v) is 2.65. The normalized spacial score (nSPS) is 11.7. The lowest BCUT2D eigenvalue weighted by atomic mass is 10.1. The van der Waals surface area contributed by atoms with Gasteiger partial charge >= 0.3 is 11.9 Å². The Kier molecular flexibility index (Phi) is 5.48. The van der Waals surface area contributed by atoms with Crippen molar-refractivity contribution in [3.05, 3.63) is 28.8 Å². The van der Waals surface area contributed by atoms with Gasteiger partial charge in [-0.25, -0.2) is 4.79 Å². The molecular formula is C12H13ClN2O5. The molecule has 0 saturated heterocycles. The Balaban J connectivity index is 2.66. The van der Waals surface area contributed by atoms with E-state index in [-0.39, 0.29) is 29.1 Å². The van der Waals surface area contributed by atoms with E-state index in [9.17, 15) is 14.4 Å². The van der Waals surface area contributed by atoms with E-state index < -0.39 is 23.9 Å². The Hall–Kier alpha value is -2.12. The predicted molar refractivity (Wildman–Crippen MR) is 71.9 cm³/mol. The van der Waals surface area contributed by atoms with Crippen molar-refractivity contribution in [3.63, 3.8) is 0 Å². The van der Waals surface area contributed by atoms with Crippen LogP contribution in [0.25, 0.3) is 0 Å². The second-order valence-corrected chi connectivity index (χ2v) is 4.50. The first kappa shape index (κ1) is 15.9. The van der Waals surface area contributed by atoms with Crippen molar-refractivity contribution in [2.75, 3.05) is 5.32 Å². The number of nitrogens with two attached hydrogens (primary N) is 1. The molecule has 0 radical (unpaired) electrons. The SMILES string of the molecule is NC(CCC(=O)Nc1cc(Cl)cc(C(=O)O)c1)C(=O)O. The number of halogens is 1. The lowest BCUT2D eigenvalue weighted by Crippen LogP contribution is -2.31. The summed E-state index contributed by atoms with van der Waals surface area (Å²) < 4.78 is 0. The smallest absolute Gasteiger partial charge is 0.335 e. The molecule has 1 unspecified atom stereocenters. The van der Waals surface area contributed by atoms with Crippen molar-refractivity contribution in [1.82, 2.24) is 0 Å². The fourth-order valence-electron chi connectivity index (χ4n) is 1.42. The minimum absolute atomic E-state index is 0.0203. The molecule has 1 atom stereocenters. The van der Waals surface area contributed by atoms with E-state index in [0.29, 0.717) is 0 Å². The number of nitrogens with one attached hydrogen (secondary N) is 1. The zero-order chi connectivity index (χ0) is 15.3. The lowest BCUT2D eigenvalue weighted by Gasteiger charge is -2.08. The van der Waals surface area contributed by atoms with Crippen LogP contribution in [-0.2, 0) is 9.59 Å². The first-order valence-corrected chi connectivity index (χ1v) is 5.99. The number of hydrogen-bond acceptors (Lipinski definition) is 4. The molecule has 1 rings (SSSR count). The highest BCUT2D eigenvalue weighted by atomic mass is 35.5. The average Bonchev–Trinajstić information content (AvgIpc) is 2.34. The molecule has 8 heteroatoms. The quantitative estimate of drug-likeness (QED) is 0.624. The Morgan fingerprint density at radius 2 is 1.90 bits per heavy atom. The molecule has 1 amide bonds. The van der Waals surface area contributed by atoms with Crippen LogP contribution in [0.4, 0.5) is 5.69 Å². The third-order valence-electron chi connectivity index (χ3n) is 2.43. The fourth-order valence-corrected chi connectivity index (χ4v) is 1.65. The highest BCUT2D eigenvalue weighted by molar-refractivity contribution is 6.31. The Morgan fingerprint density at radius 1 is 1.25 bits per heavy atom. The summed E-state index contributed by atoms with van der Waals surface area (Å²) in [6, 6.07) is 2.78. The number of hydrogen-bond donors (Lipinski definition) is 4. The minimum Gasteiger partial charge on any atom is -0.480 e. The van der Waals surface area contributed by atoms with E-state index in [1.165, 1.54) is 18.2 Å². The molecule has 7 nitrogen and oxygen atoms in total. The van der Waals surface area contributed by atoms with Crippen LogP contribution in [-0.4, -0.2) is 34.1 Å². The second kappa shape index (κ2) is 6.88. The zero-order valence-electron chi connectivity index (χ0n) is 10.3. The average molecular weight is 301 g/mol. The van der Waals surface area contributed by atoms with Crippen molar-refractivity contribution in [2.24, 2.45) is 5.73 Å². The summed E-state index contributed by atoms with van der Waals surface area (Å²) in [5, 5.41) is 20.0. The van der Waals surface area contributed by atoms with Crippen molar-refractivity contribution in [3.8, 4) is 0 Å². The highest BCUT2D eigenvalue weighted by Gasteiger charge is 2.14. The molecule has 0 aliphatic heterocycles. The Morgan fingerprint density at radius 3 is 2.45 bits per heavy atom. The van der Waals surface area contributed by atoms with Crippen LogP contribution in [0.1, 0.15) is 23.2 Å². The van der Waals surface area contributed by atoms with E-state index in [1.54, 1.807) is 0 Å². The second-order valence-electron chi connectivity index (χ2n) is 4.07. The van der Waals surface area contributed by atoms with Crippen LogP contribution in [0.15, 0.2) is 18.2 Å². The van der Waals surface area contributed by atoms with E-state index in [4.69, 9.17) is 27.5 Å². The first-order chi connectivity index (χ1) is 9.29. The summed E-state index contributed by atoms with van der Waals surface area (Å²) in [6.45, 7) is 0. The van der Waals surface area contributed by atoms with Gasteiger partial charge in [0, 0.05) is 17.1 Å². The summed E-state index contributed by atoms with van der Waals surface area (Å²) in [5.74, 6) is -2.83. The summed E-state index contributed by atoms with van der Waals surface area (Å²) >= 11 is 5.73. The van der Waals surface area contributed by atoms with Gasteiger partial charge in [0.2, 0.25) is 5.91 Å². The summed E-state index contributed by atoms with van der Waals surface area (Å²) in [5.41, 5.74) is 5.43. The number of amides is 1. The summed E-state index contributed by atoms with van der Waals surface area (Å²) in [4.78, 5) is 32.9. The summed E-state index contributed by atoms with van der Waals surface area (Å²) in [6.07, 6.45) is -0.115. The van der Waals surface area contributed by atoms with Gasteiger partial charge in [0.15, 0.2) is 0 Å². The lowest BCUT2D eigenvalue weighted by molar-refractivity contribution is -0.138. The first-order valence-electron chi connectivity index (χ1n) is 5.61. The van der Waals surface area contributed by atoms with Gasteiger partial charge in [0.1, 0.15) is 6.04 Å². The zero-order valence-corrected chi connectivity index (χ0v) is 11.1. The van der Waals surface area contributed by atoms with Gasteiger partial charge in [-0.2, -0.15) is 0 Å². The molecule has 5 N–H and O–H groups in total. The van der Waals surface area contributed by atoms with Crippen molar-refractivity contribution >= 4 is 35.1 Å². The Bertz CT molecular complexity index is 547. The number of benzene rings is 1. The van der Waals surface area contributed by atoms with E-state index in [2.05, 4.69) is 5.32 Å². The highest BCUT2D eigenvalue weighted by Crippen LogP contribution is 2.19. The van der Waals surface area contributed by atoms with Crippen LogP contribution >= 0.6 is 11.6 Å². The third kappa shape index (κ3) is 4.87. The van der Waals surface area contributed by atoms with Crippen LogP contribution in [0.5, 0.6) is 0 Å². The molecule has 1 aromatic carbocycles. The summed E-state index contributed by atoms with van der Waals surface area (Å²) in [7, 11) is 0. The molecule has 0 fully saturated rings. The van der Waals surface area contributed by atoms with Crippen LogP contribution in [0.2, 0.25) is 5.02 Å². The number of carboxylic acids is 2. The molecule has 0 aliphatic rings. The van der Waals surface area contributed by atoms with Gasteiger partial charge < -0.3 is 21.3 Å². The van der Waals surface area contributed by atoms with Gasteiger partial charge in [-0.1, -0.05) is 11.6 Å². The molecule has 0 aromatic heterocycles. The van der Waals surface area contributed by atoms with Crippen molar-refractivity contribution < 1.29 is 24.6 Å².